The minimum atomic E-state index is -3.62. The molecule has 0 amide bonds. The predicted octanol–water partition coefficient (Wildman–Crippen LogP) is -0.577. The van der Waals surface area contributed by atoms with E-state index in [4.69, 9.17) is 10.9 Å². The summed E-state index contributed by atoms with van der Waals surface area (Å²) in [5.74, 6) is -0.398. The molecular formula is C9H17N5O3S. The Balaban J connectivity index is 2.91. The van der Waals surface area contributed by atoms with Crippen LogP contribution in [0.4, 0.5) is 0 Å². The van der Waals surface area contributed by atoms with Crippen molar-refractivity contribution in [1.82, 2.24) is 14.1 Å². The molecule has 0 radical (unpaired) electrons. The molecule has 1 aromatic heterocycles. The molecule has 1 heterocycles. The zero-order valence-electron chi connectivity index (χ0n) is 10.5. The molecule has 0 aliphatic carbocycles. The summed E-state index contributed by atoms with van der Waals surface area (Å²) in [5.41, 5.74) is 5.42. The Bertz CT molecular complexity index is 536. The smallest absolute Gasteiger partial charge is 0.259 e. The first-order valence-electron chi connectivity index (χ1n) is 5.22. The van der Waals surface area contributed by atoms with Crippen molar-refractivity contribution >= 4 is 15.9 Å². The molecule has 0 saturated carbocycles. The summed E-state index contributed by atoms with van der Waals surface area (Å²) >= 11 is 0. The molecule has 0 bridgehead atoms. The predicted molar refractivity (Wildman–Crippen MR) is 65.6 cm³/mol. The summed E-state index contributed by atoms with van der Waals surface area (Å²) in [6.45, 7) is 1.79. The van der Waals surface area contributed by atoms with Gasteiger partial charge in [-0.05, 0) is 6.07 Å². The number of rotatable bonds is 5. The van der Waals surface area contributed by atoms with Gasteiger partial charge in [0.1, 0.15) is 5.84 Å². The van der Waals surface area contributed by atoms with Gasteiger partial charge in [0.25, 0.3) is 10.0 Å². The van der Waals surface area contributed by atoms with Gasteiger partial charge in [0.15, 0.2) is 5.03 Å². The molecule has 1 aromatic rings. The van der Waals surface area contributed by atoms with Gasteiger partial charge in [0, 0.05) is 26.6 Å². The molecule has 0 aromatic carbocycles. The van der Waals surface area contributed by atoms with Gasteiger partial charge >= 0.3 is 0 Å². The summed E-state index contributed by atoms with van der Waals surface area (Å²) in [7, 11) is -0.638. The number of hydrogen-bond acceptors (Lipinski definition) is 5. The second-order valence-corrected chi connectivity index (χ2v) is 6.00. The van der Waals surface area contributed by atoms with E-state index in [0.717, 1.165) is 4.31 Å². The Morgan fingerprint density at radius 2 is 2.33 bits per heavy atom. The van der Waals surface area contributed by atoms with E-state index in [2.05, 4.69) is 10.3 Å². The lowest BCUT2D eigenvalue weighted by molar-refractivity contribution is 0.312. The summed E-state index contributed by atoms with van der Waals surface area (Å²) in [6.07, 6.45) is 1.41. The molecular weight excluding hydrogens is 258 g/mol. The zero-order valence-corrected chi connectivity index (χ0v) is 11.3. The summed E-state index contributed by atoms with van der Waals surface area (Å²) < 4.78 is 26.8. The van der Waals surface area contributed by atoms with Crippen LogP contribution in [0.3, 0.4) is 0 Å². The Morgan fingerprint density at radius 3 is 2.78 bits per heavy atom. The molecule has 18 heavy (non-hydrogen) atoms. The maximum absolute atomic E-state index is 12.2. The van der Waals surface area contributed by atoms with Crippen molar-refractivity contribution in [1.29, 1.82) is 0 Å². The van der Waals surface area contributed by atoms with Gasteiger partial charge in [-0.3, -0.25) is 4.68 Å². The summed E-state index contributed by atoms with van der Waals surface area (Å²) in [5, 5.41) is 15.3. The van der Waals surface area contributed by atoms with Crippen molar-refractivity contribution in [3.8, 4) is 0 Å². The van der Waals surface area contributed by atoms with E-state index in [1.54, 1.807) is 14.0 Å². The first-order valence-corrected chi connectivity index (χ1v) is 6.66. The molecule has 0 aliphatic rings. The molecule has 3 N–H and O–H groups in total. The van der Waals surface area contributed by atoms with Crippen LogP contribution >= 0.6 is 0 Å². The van der Waals surface area contributed by atoms with Crippen LogP contribution in [0.1, 0.15) is 6.92 Å². The van der Waals surface area contributed by atoms with Crippen LogP contribution in [0, 0.1) is 5.92 Å². The highest BCUT2D eigenvalue weighted by atomic mass is 32.2. The van der Waals surface area contributed by atoms with E-state index in [9.17, 15) is 8.42 Å². The average molecular weight is 275 g/mol. The number of aromatic nitrogens is 2. The minimum absolute atomic E-state index is 0.0120. The second kappa shape index (κ2) is 5.36. The van der Waals surface area contributed by atoms with Gasteiger partial charge in [-0.15, -0.1) is 0 Å². The Kier molecular flexibility index (Phi) is 4.30. The van der Waals surface area contributed by atoms with Gasteiger partial charge in [0.05, 0.1) is 6.20 Å². The maximum Gasteiger partial charge on any atom is 0.259 e. The first-order chi connectivity index (χ1) is 8.30. The van der Waals surface area contributed by atoms with Crippen molar-refractivity contribution in [2.24, 2.45) is 23.9 Å². The number of hydrogen-bond donors (Lipinski definition) is 2. The Hall–Kier alpha value is -1.61. The number of nitrogens with zero attached hydrogens (tertiary/aromatic N) is 4. The minimum Gasteiger partial charge on any atom is -0.409 e. The average Bonchev–Trinajstić information content (AvgIpc) is 2.74. The molecule has 9 heteroatoms. The molecule has 0 saturated heterocycles. The van der Waals surface area contributed by atoms with Crippen LogP contribution in [0.2, 0.25) is 0 Å². The van der Waals surface area contributed by atoms with Crippen LogP contribution in [0.15, 0.2) is 22.4 Å². The highest BCUT2D eigenvalue weighted by molar-refractivity contribution is 7.89. The zero-order chi connectivity index (χ0) is 13.9. The topological polar surface area (TPSA) is 114 Å². The standard InChI is InChI=1S/C9H17N5O3S/c1-7(9(10)12-15)6-13(2)18(16,17)8-4-5-11-14(8)3/h4-5,7,15H,6H2,1-3H3,(H2,10,12). The monoisotopic (exact) mass is 275 g/mol. The quantitative estimate of drug-likeness (QED) is 0.323. The van der Waals surface area contributed by atoms with Crippen molar-refractivity contribution in [3.63, 3.8) is 0 Å². The van der Waals surface area contributed by atoms with Gasteiger partial charge in [-0.1, -0.05) is 12.1 Å². The fourth-order valence-corrected chi connectivity index (χ4v) is 2.80. The van der Waals surface area contributed by atoms with Gasteiger partial charge in [-0.2, -0.15) is 9.40 Å². The Labute approximate surface area is 106 Å². The van der Waals surface area contributed by atoms with Crippen LogP contribution in [-0.4, -0.2) is 47.1 Å². The number of sulfonamides is 1. The van der Waals surface area contributed by atoms with Crippen molar-refractivity contribution in [2.75, 3.05) is 13.6 Å². The third kappa shape index (κ3) is 2.79. The van der Waals surface area contributed by atoms with E-state index in [1.165, 1.54) is 24.0 Å². The third-order valence-corrected chi connectivity index (χ3v) is 4.50. The molecule has 0 spiro atoms. The lowest BCUT2D eigenvalue weighted by Gasteiger charge is -2.20. The SMILES string of the molecule is CC(CN(C)S(=O)(=O)c1ccnn1C)C(N)=NO. The van der Waals surface area contributed by atoms with E-state index >= 15 is 0 Å². The van der Waals surface area contributed by atoms with Gasteiger partial charge < -0.3 is 10.9 Å². The maximum atomic E-state index is 12.2. The third-order valence-electron chi connectivity index (χ3n) is 2.60. The number of oxime groups is 1. The fourth-order valence-electron chi connectivity index (χ4n) is 1.45. The first kappa shape index (κ1) is 14.5. The highest BCUT2D eigenvalue weighted by Gasteiger charge is 2.26. The lowest BCUT2D eigenvalue weighted by atomic mass is 10.2. The number of nitrogens with two attached hydrogens (primary N) is 1. The molecule has 0 aliphatic heterocycles. The van der Waals surface area contributed by atoms with E-state index in [-0.39, 0.29) is 23.3 Å². The lowest BCUT2D eigenvalue weighted by Crippen LogP contribution is -2.37. The van der Waals surface area contributed by atoms with Crippen LogP contribution in [0.5, 0.6) is 0 Å². The molecule has 0 fully saturated rings. The molecule has 1 atom stereocenters. The second-order valence-electron chi connectivity index (χ2n) is 4.00. The molecule has 1 unspecified atom stereocenters. The van der Waals surface area contributed by atoms with Crippen LogP contribution in [-0.2, 0) is 17.1 Å². The largest absolute Gasteiger partial charge is 0.409 e. The molecule has 102 valence electrons. The summed E-state index contributed by atoms with van der Waals surface area (Å²) in [6, 6.07) is 1.42. The molecule has 8 nitrogen and oxygen atoms in total. The van der Waals surface area contributed by atoms with E-state index < -0.39 is 10.0 Å². The molecule has 1 rings (SSSR count). The van der Waals surface area contributed by atoms with Crippen molar-refractivity contribution < 1.29 is 13.6 Å². The fraction of sp³-hybridized carbons (Fsp3) is 0.556. The number of amidine groups is 1. The van der Waals surface area contributed by atoms with Crippen molar-refractivity contribution in [2.45, 2.75) is 11.9 Å². The van der Waals surface area contributed by atoms with Crippen LogP contribution in [0.25, 0.3) is 0 Å². The van der Waals surface area contributed by atoms with Crippen LogP contribution < -0.4 is 5.73 Å². The normalized spacial score (nSPS) is 15.0. The van der Waals surface area contributed by atoms with Gasteiger partial charge in [-0.25, -0.2) is 8.42 Å². The number of aryl methyl sites for hydroxylation is 1. The summed E-state index contributed by atoms with van der Waals surface area (Å²) in [4.78, 5) is 0. The van der Waals surface area contributed by atoms with Crippen molar-refractivity contribution in [3.05, 3.63) is 12.3 Å². The van der Waals surface area contributed by atoms with E-state index in [0.29, 0.717) is 0 Å². The highest BCUT2D eigenvalue weighted by Crippen LogP contribution is 2.14. The Morgan fingerprint density at radius 1 is 1.72 bits per heavy atom. The van der Waals surface area contributed by atoms with Gasteiger partial charge in [0.2, 0.25) is 0 Å². The van der Waals surface area contributed by atoms with E-state index in [1.807, 2.05) is 0 Å².